The monoisotopic (exact) mass is 414 g/mol. The summed E-state index contributed by atoms with van der Waals surface area (Å²) in [5, 5.41) is 14.6. The molecule has 0 bridgehead atoms. The Hall–Kier alpha value is -3.69. The van der Waals surface area contributed by atoms with E-state index in [0.717, 1.165) is 5.56 Å². The SMILES string of the molecule is COC(=O)Cc1nc(C)nc(N[C@H](C)c2cccc([N+](=O)[O-])c2C)c1C1OC=CO1. The van der Waals surface area contributed by atoms with Crippen LogP contribution in [0, 0.1) is 24.0 Å². The number of aryl methyl sites for hydroxylation is 1. The third-order valence-electron chi connectivity index (χ3n) is 4.73. The molecule has 1 aliphatic heterocycles. The number of hydrogen-bond acceptors (Lipinski definition) is 9. The van der Waals surface area contributed by atoms with Crippen LogP contribution < -0.4 is 5.32 Å². The topological polar surface area (TPSA) is 126 Å². The third kappa shape index (κ3) is 4.32. The van der Waals surface area contributed by atoms with E-state index in [2.05, 4.69) is 15.3 Å². The first-order valence-corrected chi connectivity index (χ1v) is 9.22. The predicted molar refractivity (Wildman–Crippen MR) is 106 cm³/mol. The summed E-state index contributed by atoms with van der Waals surface area (Å²) in [6.07, 6.45) is 1.87. The highest BCUT2D eigenvalue weighted by Crippen LogP contribution is 2.35. The molecule has 1 aliphatic rings. The molecule has 0 unspecified atom stereocenters. The van der Waals surface area contributed by atoms with Crippen molar-refractivity contribution in [1.82, 2.24) is 9.97 Å². The lowest BCUT2D eigenvalue weighted by Gasteiger charge is -2.23. The number of nitro benzene ring substituents is 1. The quantitative estimate of drug-likeness (QED) is 0.412. The molecule has 0 amide bonds. The lowest BCUT2D eigenvalue weighted by atomic mass is 10.0. The molecular weight excluding hydrogens is 392 g/mol. The molecule has 0 aliphatic carbocycles. The molecule has 1 aromatic carbocycles. The van der Waals surface area contributed by atoms with Crippen molar-refractivity contribution in [2.75, 3.05) is 12.4 Å². The Morgan fingerprint density at radius 2 is 2.00 bits per heavy atom. The second-order valence-corrected chi connectivity index (χ2v) is 6.72. The van der Waals surface area contributed by atoms with Crippen LogP contribution in [-0.2, 0) is 25.4 Å². The van der Waals surface area contributed by atoms with Gasteiger partial charge in [-0.25, -0.2) is 9.97 Å². The average molecular weight is 414 g/mol. The van der Waals surface area contributed by atoms with Gasteiger partial charge in [0, 0.05) is 11.6 Å². The zero-order valence-electron chi connectivity index (χ0n) is 17.0. The Morgan fingerprint density at radius 3 is 2.63 bits per heavy atom. The number of benzene rings is 1. The maximum atomic E-state index is 11.9. The van der Waals surface area contributed by atoms with Gasteiger partial charge < -0.3 is 19.5 Å². The summed E-state index contributed by atoms with van der Waals surface area (Å²) in [4.78, 5) is 31.6. The van der Waals surface area contributed by atoms with Crippen LogP contribution in [0.4, 0.5) is 11.5 Å². The smallest absolute Gasteiger partial charge is 0.311 e. The van der Waals surface area contributed by atoms with E-state index in [1.165, 1.54) is 25.7 Å². The summed E-state index contributed by atoms with van der Waals surface area (Å²) in [6.45, 7) is 5.27. The van der Waals surface area contributed by atoms with Crippen molar-refractivity contribution < 1.29 is 23.9 Å². The van der Waals surface area contributed by atoms with Crippen molar-refractivity contribution >= 4 is 17.5 Å². The number of methoxy groups -OCH3 is 1. The fourth-order valence-electron chi connectivity index (χ4n) is 3.31. The van der Waals surface area contributed by atoms with Crippen molar-refractivity contribution in [3.05, 3.63) is 69.0 Å². The van der Waals surface area contributed by atoms with Crippen LogP contribution in [0.2, 0.25) is 0 Å². The average Bonchev–Trinajstić information content (AvgIpc) is 3.21. The fourth-order valence-corrected chi connectivity index (χ4v) is 3.31. The number of anilines is 1. The lowest BCUT2D eigenvalue weighted by molar-refractivity contribution is -0.385. The number of nitrogens with one attached hydrogen (secondary N) is 1. The van der Waals surface area contributed by atoms with Gasteiger partial charge in [0.05, 0.1) is 35.8 Å². The number of carbonyl (C=O) groups excluding carboxylic acids is 1. The van der Waals surface area contributed by atoms with E-state index in [1.807, 2.05) is 13.0 Å². The number of nitro groups is 1. The van der Waals surface area contributed by atoms with E-state index in [-0.39, 0.29) is 18.2 Å². The van der Waals surface area contributed by atoms with Crippen LogP contribution in [0.3, 0.4) is 0 Å². The minimum absolute atomic E-state index is 0.0401. The largest absolute Gasteiger partial charge is 0.469 e. The van der Waals surface area contributed by atoms with E-state index >= 15 is 0 Å². The number of nitrogens with zero attached hydrogens (tertiary/aromatic N) is 3. The summed E-state index contributed by atoms with van der Waals surface area (Å²) in [7, 11) is 1.30. The summed E-state index contributed by atoms with van der Waals surface area (Å²) in [5.74, 6) is 0.386. The molecule has 3 rings (SSSR count). The van der Waals surface area contributed by atoms with Crippen molar-refractivity contribution in [3.8, 4) is 0 Å². The highest BCUT2D eigenvalue weighted by Gasteiger charge is 2.29. The standard InChI is InChI=1S/C20H22N4O6/c1-11-14(6-5-7-16(11)24(26)27)12(2)21-19-18(20-29-8-9-30-20)15(10-17(25)28-4)22-13(3)23-19/h5-9,12,20H,10H2,1-4H3,(H,21,22,23)/t12-/m1/s1. The van der Waals surface area contributed by atoms with Crippen molar-refractivity contribution in [3.63, 3.8) is 0 Å². The van der Waals surface area contributed by atoms with Gasteiger partial charge in [0.2, 0.25) is 0 Å². The van der Waals surface area contributed by atoms with Gasteiger partial charge in [0.1, 0.15) is 24.2 Å². The highest BCUT2D eigenvalue weighted by atomic mass is 16.7. The predicted octanol–water partition coefficient (Wildman–Crippen LogP) is 3.41. The van der Waals surface area contributed by atoms with Gasteiger partial charge in [-0.2, -0.15) is 0 Å². The maximum Gasteiger partial charge on any atom is 0.311 e. The third-order valence-corrected chi connectivity index (χ3v) is 4.73. The summed E-state index contributed by atoms with van der Waals surface area (Å²) in [5.41, 5.74) is 2.21. The second kappa shape index (κ2) is 8.76. The van der Waals surface area contributed by atoms with Gasteiger partial charge in [-0.05, 0) is 26.3 Å². The van der Waals surface area contributed by atoms with Crippen LogP contribution >= 0.6 is 0 Å². The van der Waals surface area contributed by atoms with Gasteiger partial charge in [0.15, 0.2) is 0 Å². The lowest BCUT2D eigenvalue weighted by Crippen LogP contribution is -2.19. The fraction of sp³-hybridized carbons (Fsp3) is 0.350. The number of rotatable bonds is 7. The van der Waals surface area contributed by atoms with Gasteiger partial charge in [0.25, 0.3) is 12.0 Å². The Morgan fingerprint density at radius 1 is 1.30 bits per heavy atom. The van der Waals surface area contributed by atoms with Crippen LogP contribution in [0.1, 0.15) is 47.5 Å². The molecule has 10 heteroatoms. The number of esters is 1. The Kier molecular flexibility index (Phi) is 6.14. The van der Waals surface area contributed by atoms with Crippen LogP contribution in [0.15, 0.2) is 30.7 Å². The highest BCUT2D eigenvalue weighted by molar-refractivity contribution is 5.73. The molecule has 0 radical (unpaired) electrons. The van der Waals surface area contributed by atoms with Gasteiger partial charge >= 0.3 is 5.97 Å². The molecule has 158 valence electrons. The summed E-state index contributed by atoms with van der Waals surface area (Å²) in [6, 6.07) is 4.58. The zero-order chi connectivity index (χ0) is 21.8. The second-order valence-electron chi connectivity index (χ2n) is 6.72. The molecule has 1 aromatic heterocycles. The molecule has 1 N–H and O–H groups in total. The van der Waals surface area contributed by atoms with Crippen molar-refractivity contribution in [1.29, 1.82) is 0 Å². The van der Waals surface area contributed by atoms with E-state index in [4.69, 9.17) is 14.2 Å². The first kappa shape index (κ1) is 21.0. The van der Waals surface area contributed by atoms with Gasteiger partial charge in [-0.1, -0.05) is 12.1 Å². The molecule has 2 heterocycles. The minimum Gasteiger partial charge on any atom is -0.469 e. The Balaban J connectivity index is 2.01. The summed E-state index contributed by atoms with van der Waals surface area (Å²) < 4.78 is 15.7. The molecule has 30 heavy (non-hydrogen) atoms. The van der Waals surface area contributed by atoms with Crippen LogP contribution in [0.25, 0.3) is 0 Å². The van der Waals surface area contributed by atoms with Crippen LogP contribution in [0.5, 0.6) is 0 Å². The molecule has 1 atom stereocenters. The number of hydrogen-bond donors (Lipinski definition) is 1. The maximum absolute atomic E-state index is 11.9. The minimum atomic E-state index is -0.828. The number of ether oxygens (including phenoxy) is 3. The zero-order valence-corrected chi connectivity index (χ0v) is 17.0. The van der Waals surface area contributed by atoms with Gasteiger partial charge in [-0.3, -0.25) is 14.9 Å². The Labute approximate surface area is 173 Å². The molecule has 0 spiro atoms. The number of carbonyl (C=O) groups is 1. The summed E-state index contributed by atoms with van der Waals surface area (Å²) >= 11 is 0. The molecule has 0 saturated carbocycles. The molecular formula is C20H22N4O6. The number of aromatic nitrogens is 2. The first-order chi connectivity index (χ1) is 14.3. The van der Waals surface area contributed by atoms with E-state index in [9.17, 15) is 14.9 Å². The normalized spacial score (nSPS) is 14.0. The van der Waals surface area contributed by atoms with Crippen LogP contribution in [-0.4, -0.2) is 28.0 Å². The van der Waals surface area contributed by atoms with Crippen molar-refractivity contribution in [2.24, 2.45) is 0 Å². The molecule has 0 saturated heterocycles. The molecule has 0 fully saturated rings. The van der Waals surface area contributed by atoms with Crippen molar-refractivity contribution in [2.45, 2.75) is 39.5 Å². The first-order valence-electron chi connectivity index (χ1n) is 9.22. The Bertz CT molecular complexity index is 999. The molecule has 10 nitrogen and oxygen atoms in total. The van der Waals surface area contributed by atoms with E-state index in [0.29, 0.717) is 28.5 Å². The molecule has 2 aromatic rings. The van der Waals surface area contributed by atoms with E-state index in [1.54, 1.807) is 19.9 Å². The van der Waals surface area contributed by atoms with Gasteiger partial charge in [-0.15, -0.1) is 0 Å². The van der Waals surface area contributed by atoms with E-state index < -0.39 is 17.2 Å².